The summed E-state index contributed by atoms with van der Waals surface area (Å²) in [7, 11) is -1.71. The van der Waals surface area contributed by atoms with Crippen LogP contribution in [0.25, 0.3) is 0 Å². The van der Waals surface area contributed by atoms with E-state index in [0.717, 1.165) is 0 Å². The van der Waals surface area contributed by atoms with Crippen LogP contribution in [-0.4, -0.2) is 33.9 Å². The summed E-state index contributed by atoms with van der Waals surface area (Å²) in [5.41, 5.74) is 0. The summed E-state index contributed by atoms with van der Waals surface area (Å²) in [4.78, 5) is 0. The van der Waals surface area contributed by atoms with Gasteiger partial charge >= 0.3 is 0 Å². The van der Waals surface area contributed by atoms with Gasteiger partial charge in [0, 0.05) is 13.7 Å². The highest BCUT2D eigenvalue weighted by Gasteiger charge is 2.11. The first-order valence-electron chi connectivity index (χ1n) is 3.97. The van der Waals surface area contributed by atoms with E-state index in [9.17, 15) is 8.42 Å². The van der Waals surface area contributed by atoms with E-state index in [1.54, 1.807) is 6.92 Å². The molecule has 0 rings (SSSR count). The predicted octanol–water partition coefficient (Wildman–Crippen LogP) is -0.0360. The number of terminal acetylenes is 1. The van der Waals surface area contributed by atoms with Crippen molar-refractivity contribution in [2.45, 2.75) is 19.4 Å². The van der Waals surface area contributed by atoms with Crippen LogP contribution in [0.4, 0.5) is 0 Å². The summed E-state index contributed by atoms with van der Waals surface area (Å²) in [5, 5.41) is 0. The van der Waals surface area contributed by atoms with Gasteiger partial charge in [0.2, 0.25) is 10.0 Å². The Balaban J connectivity index is 3.89. The molecule has 76 valence electrons. The summed E-state index contributed by atoms with van der Waals surface area (Å²) in [5.74, 6) is 2.34. The van der Waals surface area contributed by atoms with E-state index in [-0.39, 0.29) is 5.75 Å². The molecule has 0 aliphatic rings. The Bertz CT molecular complexity index is 266. The largest absolute Gasteiger partial charge is 0.385 e. The highest BCUT2D eigenvalue weighted by molar-refractivity contribution is 7.89. The zero-order valence-corrected chi connectivity index (χ0v) is 8.73. The summed E-state index contributed by atoms with van der Waals surface area (Å²) >= 11 is 0. The lowest BCUT2D eigenvalue weighted by molar-refractivity contribution is 0.199. The molecule has 0 amide bonds. The maximum Gasteiger partial charge on any atom is 0.212 e. The predicted molar refractivity (Wildman–Crippen MR) is 51.7 cm³/mol. The standard InChI is InChI=1S/C8H15NO3S/c1-4-8(2)9-13(10,11)7-5-6-12-3/h1,8-9H,5-7H2,2-3H3. The minimum absolute atomic E-state index is 0.0485. The average Bonchev–Trinajstić information content (AvgIpc) is 2.03. The number of sulfonamides is 1. The zero-order valence-electron chi connectivity index (χ0n) is 7.91. The first-order chi connectivity index (χ1) is 6.02. The quantitative estimate of drug-likeness (QED) is 0.489. The third-order valence-electron chi connectivity index (χ3n) is 1.37. The van der Waals surface area contributed by atoms with Crippen molar-refractivity contribution in [3.8, 4) is 12.3 Å². The average molecular weight is 205 g/mol. The molecule has 0 aromatic heterocycles. The molecule has 0 aromatic carbocycles. The second-order valence-electron chi connectivity index (χ2n) is 2.67. The van der Waals surface area contributed by atoms with Gasteiger partial charge in [0.1, 0.15) is 0 Å². The smallest absolute Gasteiger partial charge is 0.212 e. The Hall–Kier alpha value is -0.570. The second-order valence-corrected chi connectivity index (χ2v) is 4.54. The van der Waals surface area contributed by atoms with Crippen molar-refractivity contribution >= 4 is 10.0 Å². The van der Waals surface area contributed by atoms with Crippen LogP contribution in [0.1, 0.15) is 13.3 Å². The lowest BCUT2D eigenvalue weighted by atomic mass is 10.4. The summed E-state index contributed by atoms with van der Waals surface area (Å²) in [6, 6.07) is -0.451. The molecule has 0 heterocycles. The molecule has 0 saturated carbocycles. The molecule has 0 spiro atoms. The van der Waals surface area contributed by atoms with E-state index in [2.05, 4.69) is 10.6 Å². The van der Waals surface area contributed by atoms with Crippen molar-refractivity contribution in [3.05, 3.63) is 0 Å². The maximum atomic E-state index is 11.2. The van der Waals surface area contributed by atoms with Crippen molar-refractivity contribution in [1.82, 2.24) is 4.72 Å². The number of hydrogen-bond acceptors (Lipinski definition) is 3. The lowest BCUT2D eigenvalue weighted by Crippen LogP contribution is -2.33. The van der Waals surface area contributed by atoms with E-state index < -0.39 is 16.1 Å². The van der Waals surface area contributed by atoms with Crippen molar-refractivity contribution < 1.29 is 13.2 Å². The number of rotatable bonds is 6. The third kappa shape index (κ3) is 6.58. The fourth-order valence-corrected chi connectivity index (χ4v) is 1.98. The molecule has 1 unspecified atom stereocenters. The van der Waals surface area contributed by atoms with E-state index in [0.29, 0.717) is 13.0 Å². The molecule has 0 saturated heterocycles. The lowest BCUT2D eigenvalue weighted by Gasteiger charge is -2.07. The Morgan fingerprint density at radius 3 is 2.69 bits per heavy atom. The Kier molecular flexibility index (Phi) is 5.71. The molecule has 1 atom stereocenters. The van der Waals surface area contributed by atoms with Crippen LogP contribution < -0.4 is 4.72 Å². The normalized spacial score (nSPS) is 13.6. The van der Waals surface area contributed by atoms with Crippen LogP contribution in [0.2, 0.25) is 0 Å². The van der Waals surface area contributed by atoms with Gasteiger partial charge in [-0.1, -0.05) is 5.92 Å². The minimum Gasteiger partial charge on any atom is -0.385 e. The van der Waals surface area contributed by atoms with Gasteiger partial charge in [0.25, 0.3) is 0 Å². The maximum absolute atomic E-state index is 11.2. The molecule has 0 aliphatic heterocycles. The third-order valence-corrected chi connectivity index (χ3v) is 2.91. The molecule has 4 nitrogen and oxygen atoms in total. The Morgan fingerprint density at radius 1 is 1.62 bits per heavy atom. The Morgan fingerprint density at radius 2 is 2.23 bits per heavy atom. The highest BCUT2D eigenvalue weighted by Crippen LogP contribution is 1.92. The molecule has 1 N–H and O–H groups in total. The van der Waals surface area contributed by atoms with Crippen molar-refractivity contribution in [2.24, 2.45) is 0 Å². The van der Waals surface area contributed by atoms with Gasteiger partial charge in [-0.15, -0.1) is 6.42 Å². The molecular formula is C8H15NO3S. The van der Waals surface area contributed by atoms with Crippen LogP contribution in [-0.2, 0) is 14.8 Å². The second kappa shape index (κ2) is 5.97. The number of ether oxygens (including phenoxy) is 1. The first-order valence-corrected chi connectivity index (χ1v) is 5.62. The first kappa shape index (κ1) is 12.4. The van der Waals surface area contributed by atoms with Crippen molar-refractivity contribution in [1.29, 1.82) is 0 Å². The monoisotopic (exact) mass is 205 g/mol. The van der Waals surface area contributed by atoms with Gasteiger partial charge < -0.3 is 4.74 Å². The van der Waals surface area contributed by atoms with E-state index >= 15 is 0 Å². The molecule has 0 aliphatic carbocycles. The van der Waals surface area contributed by atoms with E-state index in [4.69, 9.17) is 11.2 Å². The highest BCUT2D eigenvalue weighted by atomic mass is 32.2. The van der Waals surface area contributed by atoms with Gasteiger partial charge in [-0.3, -0.25) is 0 Å². The van der Waals surface area contributed by atoms with Crippen LogP contribution in [0.3, 0.4) is 0 Å². The molecular weight excluding hydrogens is 190 g/mol. The van der Waals surface area contributed by atoms with Gasteiger partial charge in [0.15, 0.2) is 0 Å². The number of methoxy groups -OCH3 is 1. The summed E-state index contributed by atoms with van der Waals surface area (Å²) in [6.45, 7) is 2.05. The van der Waals surface area contributed by atoms with Crippen molar-refractivity contribution in [3.63, 3.8) is 0 Å². The van der Waals surface area contributed by atoms with Crippen LogP contribution in [0.5, 0.6) is 0 Å². The zero-order chi connectivity index (χ0) is 10.3. The van der Waals surface area contributed by atoms with Crippen LogP contribution in [0.15, 0.2) is 0 Å². The molecule has 13 heavy (non-hydrogen) atoms. The number of nitrogens with one attached hydrogen (secondary N) is 1. The molecule has 0 aromatic rings. The van der Waals surface area contributed by atoms with Gasteiger partial charge in [-0.05, 0) is 13.3 Å². The van der Waals surface area contributed by atoms with E-state index in [1.807, 2.05) is 0 Å². The van der Waals surface area contributed by atoms with Gasteiger partial charge in [-0.25, -0.2) is 13.1 Å². The Labute approximate surface area is 79.7 Å². The molecule has 5 heteroatoms. The topological polar surface area (TPSA) is 55.4 Å². The molecule has 0 fully saturated rings. The van der Waals surface area contributed by atoms with Crippen LogP contribution >= 0.6 is 0 Å². The van der Waals surface area contributed by atoms with Crippen molar-refractivity contribution in [2.75, 3.05) is 19.5 Å². The van der Waals surface area contributed by atoms with Crippen LogP contribution in [0, 0.1) is 12.3 Å². The van der Waals surface area contributed by atoms with Gasteiger partial charge in [-0.2, -0.15) is 0 Å². The molecule has 0 bridgehead atoms. The minimum atomic E-state index is -3.24. The van der Waals surface area contributed by atoms with E-state index in [1.165, 1.54) is 7.11 Å². The van der Waals surface area contributed by atoms with Gasteiger partial charge in [0.05, 0.1) is 11.8 Å². The summed E-state index contributed by atoms with van der Waals surface area (Å²) < 4.78 is 29.5. The fraction of sp³-hybridized carbons (Fsp3) is 0.750. The molecule has 0 radical (unpaired) electrons. The summed E-state index contributed by atoms with van der Waals surface area (Å²) in [6.07, 6.45) is 5.51. The SMILES string of the molecule is C#CC(C)NS(=O)(=O)CCCOC. The fourth-order valence-electron chi connectivity index (χ4n) is 0.756. The number of hydrogen-bond donors (Lipinski definition) is 1.